The molecule has 0 aliphatic carbocycles. The number of aromatic amines is 1. The maximum absolute atomic E-state index is 13.5. The van der Waals surface area contributed by atoms with Crippen LogP contribution >= 0.6 is 0 Å². The van der Waals surface area contributed by atoms with Gasteiger partial charge in [0.2, 0.25) is 0 Å². The van der Waals surface area contributed by atoms with Gasteiger partial charge in [-0.3, -0.25) is 4.79 Å². The third-order valence-electron chi connectivity index (χ3n) is 2.70. The van der Waals surface area contributed by atoms with Crippen LogP contribution in [0.2, 0.25) is 0 Å². The van der Waals surface area contributed by atoms with Crippen molar-refractivity contribution in [2.24, 2.45) is 0 Å². The summed E-state index contributed by atoms with van der Waals surface area (Å²) in [5.41, 5.74) is 0.0796. The Morgan fingerprint density at radius 3 is 2.84 bits per heavy atom. The molecule has 1 aromatic heterocycles. The van der Waals surface area contributed by atoms with Gasteiger partial charge in [-0.2, -0.15) is 0 Å². The summed E-state index contributed by atoms with van der Waals surface area (Å²) in [6.07, 6.45) is 3.81. The lowest BCUT2D eigenvalue weighted by atomic mass is 10.1. The number of nitrogens with zero attached hydrogens (tertiary/aromatic N) is 1. The number of hydrogen-bond acceptors (Lipinski definition) is 2. The summed E-state index contributed by atoms with van der Waals surface area (Å²) in [4.78, 5) is 18.6. The van der Waals surface area contributed by atoms with Crippen molar-refractivity contribution in [1.82, 2.24) is 15.3 Å². The van der Waals surface area contributed by atoms with Crippen LogP contribution in [-0.4, -0.2) is 22.4 Å². The number of H-pyrrole nitrogens is 1. The summed E-state index contributed by atoms with van der Waals surface area (Å²) < 4.78 is 26.5. The van der Waals surface area contributed by atoms with Crippen LogP contribution < -0.4 is 5.32 Å². The van der Waals surface area contributed by atoms with Crippen LogP contribution in [0.15, 0.2) is 24.5 Å². The van der Waals surface area contributed by atoms with Crippen molar-refractivity contribution in [3.8, 4) is 0 Å². The molecule has 2 rings (SSSR count). The maximum Gasteiger partial charge on any atom is 0.254 e. The van der Waals surface area contributed by atoms with Crippen molar-refractivity contribution >= 4 is 5.91 Å². The second-order valence-electron chi connectivity index (χ2n) is 4.12. The van der Waals surface area contributed by atoms with E-state index in [1.165, 1.54) is 13.0 Å². The predicted octanol–water partition coefficient (Wildman–Crippen LogP) is 1.97. The number of hydrogen-bond donors (Lipinski definition) is 2. The first kappa shape index (κ1) is 13.2. The fraction of sp³-hybridized carbons (Fsp3) is 0.231. The number of amides is 1. The summed E-state index contributed by atoms with van der Waals surface area (Å²) in [6, 6.07) is 1.92. The Labute approximate surface area is 108 Å². The molecule has 2 aromatic rings. The molecule has 0 spiro atoms. The number of rotatable bonds is 4. The van der Waals surface area contributed by atoms with Gasteiger partial charge in [0.05, 0.1) is 5.56 Å². The molecule has 4 nitrogen and oxygen atoms in total. The van der Waals surface area contributed by atoms with Gasteiger partial charge < -0.3 is 10.3 Å². The molecule has 0 aliphatic rings. The summed E-state index contributed by atoms with van der Waals surface area (Å²) in [6.45, 7) is 1.80. The highest BCUT2D eigenvalue weighted by Crippen LogP contribution is 2.14. The SMILES string of the molecule is Cc1cc(C(=O)NCCc2ncc[nH]2)c(F)cc1F. The molecule has 0 saturated carbocycles. The van der Waals surface area contributed by atoms with Crippen LogP contribution in [-0.2, 0) is 6.42 Å². The summed E-state index contributed by atoms with van der Waals surface area (Å²) in [7, 11) is 0. The number of aryl methyl sites for hydroxylation is 1. The minimum absolute atomic E-state index is 0.154. The number of aromatic nitrogens is 2. The van der Waals surface area contributed by atoms with Gasteiger partial charge in [-0.1, -0.05) is 0 Å². The number of benzene rings is 1. The standard InChI is InChI=1S/C13H13F2N3O/c1-8-6-9(11(15)7-10(8)14)13(19)18-3-2-12-16-4-5-17-12/h4-7H,2-3H2,1H3,(H,16,17)(H,18,19). The van der Waals surface area contributed by atoms with E-state index in [1.54, 1.807) is 12.4 Å². The first-order chi connectivity index (χ1) is 9.08. The molecule has 6 heteroatoms. The van der Waals surface area contributed by atoms with Crippen LogP contribution in [0.25, 0.3) is 0 Å². The zero-order valence-corrected chi connectivity index (χ0v) is 10.3. The number of carbonyl (C=O) groups is 1. The van der Waals surface area contributed by atoms with E-state index in [0.717, 1.165) is 11.9 Å². The van der Waals surface area contributed by atoms with Crippen LogP contribution in [0.3, 0.4) is 0 Å². The molecule has 0 unspecified atom stereocenters. The Balaban J connectivity index is 1.98. The molecule has 0 bridgehead atoms. The molecule has 1 heterocycles. The van der Waals surface area contributed by atoms with Crippen molar-refractivity contribution < 1.29 is 13.6 Å². The molecule has 2 N–H and O–H groups in total. The second-order valence-corrected chi connectivity index (χ2v) is 4.12. The highest BCUT2D eigenvalue weighted by Gasteiger charge is 2.14. The van der Waals surface area contributed by atoms with Gasteiger partial charge in [-0.05, 0) is 18.6 Å². The minimum Gasteiger partial charge on any atom is -0.351 e. The Bertz CT molecular complexity index is 582. The highest BCUT2D eigenvalue weighted by molar-refractivity contribution is 5.94. The maximum atomic E-state index is 13.5. The van der Waals surface area contributed by atoms with Gasteiger partial charge in [0, 0.05) is 31.4 Å². The lowest BCUT2D eigenvalue weighted by Gasteiger charge is -2.07. The summed E-state index contributed by atoms with van der Waals surface area (Å²) in [5.74, 6) is -1.36. The second kappa shape index (κ2) is 5.60. The van der Waals surface area contributed by atoms with E-state index in [-0.39, 0.29) is 11.1 Å². The van der Waals surface area contributed by atoms with Gasteiger partial charge in [0.1, 0.15) is 17.5 Å². The summed E-state index contributed by atoms with van der Waals surface area (Å²) >= 11 is 0. The quantitative estimate of drug-likeness (QED) is 0.888. The lowest BCUT2D eigenvalue weighted by Crippen LogP contribution is -2.27. The van der Waals surface area contributed by atoms with Crippen molar-refractivity contribution in [2.75, 3.05) is 6.54 Å². The van der Waals surface area contributed by atoms with Gasteiger partial charge in [0.25, 0.3) is 5.91 Å². The Kier molecular flexibility index (Phi) is 3.89. The highest BCUT2D eigenvalue weighted by atomic mass is 19.1. The molecule has 0 aliphatic heterocycles. The fourth-order valence-corrected chi connectivity index (χ4v) is 1.66. The van der Waals surface area contributed by atoms with Crippen LogP contribution in [0.1, 0.15) is 21.7 Å². The molecule has 1 amide bonds. The van der Waals surface area contributed by atoms with E-state index in [2.05, 4.69) is 15.3 Å². The largest absolute Gasteiger partial charge is 0.351 e. The van der Waals surface area contributed by atoms with Crippen molar-refractivity contribution in [1.29, 1.82) is 0 Å². The van der Waals surface area contributed by atoms with E-state index in [0.29, 0.717) is 13.0 Å². The van der Waals surface area contributed by atoms with Crippen LogP contribution in [0.5, 0.6) is 0 Å². The van der Waals surface area contributed by atoms with Crippen molar-refractivity contribution in [3.05, 3.63) is 53.1 Å². The first-order valence-electron chi connectivity index (χ1n) is 5.80. The molecular weight excluding hydrogens is 252 g/mol. The third kappa shape index (κ3) is 3.15. The van der Waals surface area contributed by atoms with Crippen LogP contribution in [0.4, 0.5) is 8.78 Å². The number of halogens is 2. The van der Waals surface area contributed by atoms with E-state index in [1.807, 2.05) is 0 Å². The van der Waals surface area contributed by atoms with Crippen LogP contribution in [0, 0.1) is 18.6 Å². The molecule has 1 aromatic carbocycles. The number of carbonyl (C=O) groups excluding carboxylic acids is 1. The Hall–Kier alpha value is -2.24. The lowest BCUT2D eigenvalue weighted by molar-refractivity contribution is 0.0950. The first-order valence-corrected chi connectivity index (χ1v) is 5.80. The van der Waals surface area contributed by atoms with Gasteiger partial charge in [-0.25, -0.2) is 13.8 Å². The number of nitrogens with one attached hydrogen (secondary N) is 2. The fourth-order valence-electron chi connectivity index (χ4n) is 1.66. The molecule has 0 radical (unpaired) electrons. The zero-order valence-electron chi connectivity index (χ0n) is 10.3. The third-order valence-corrected chi connectivity index (χ3v) is 2.70. The monoisotopic (exact) mass is 265 g/mol. The van der Waals surface area contributed by atoms with E-state index < -0.39 is 17.5 Å². The molecular formula is C13H13F2N3O. The Morgan fingerprint density at radius 1 is 1.37 bits per heavy atom. The zero-order chi connectivity index (χ0) is 13.8. The van der Waals surface area contributed by atoms with E-state index in [4.69, 9.17) is 0 Å². The van der Waals surface area contributed by atoms with E-state index in [9.17, 15) is 13.6 Å². The average Bonchev–Trinajstić information content (AvgIpc) is 2.86. The summed E-state index contributed by atoms with van der Waals surface area (Å²) in [5, 5.41) is 2.56. The van der Waals surface area contributed by atoms with Crippen molar-refractivity contribution in [2.45, 2.75) is 13.3 Å². The topological polar surface area (TPSA) is 57.8 Å². The van der Waals surface area contributed by atoms with Crippen molar-refractivity contribution in [3.63, 3.8) is 0 Å². The minimum atomic E-state index is -0.862. The Morgan fingerprint density at radius 2 is 2.16 bits per heavy atom. The molecule has 0 saturated heterocycles. The predicted molar refractivity (Wildman–Crippen MR) is 65.7 cm³/mol. The van der Waals surface area contributed by atoms with E-state index >= 15 is 0 Å². The molecule has 0 fully saturated rings. The normalized spacial score (nSPS) is 10.5. The molecule has 19 heavy (non-hydrogen) atoms. The van der Waals surface area contributed by atoms with Gasteiger partial charge in [-0.15, -0.1) is 0 Å². The smallest absolute Gasteiger partial charge is 0.254 e. The molecule has 0 atom stereocenters. The van der Waals surface area contributed by atoms with Gasteiger partial charge >= 0.3 is 0 Å². The molecule has 100 valence electrons. The average molecular weight is 265 g/mol. The van der Waals surface area contributed by atoms with Gasteiger partial charge in [0.15, 0.2) is 0 Å². The number of imidazole rings is 1.